The number of benzene rings is 1. The fourth-order valence-electron chi connectivity index (χ4n) is 4.23. The summed E-state index contributed by atoms with van der Waals surface area (Å²) in [5.74, 6) is 0.443. The van der Waals surface area contributed by atoms with E-state index in [1.807, 2.05) is 4.57 Å². The highest BCUT2D eigenvalue weighted by Crippen LogP contribution is 2.32. The van der Waals surface area contributed by atoms with Crippen LogP contribution in [0.15, 0.2) is 30.5 Å². The van der Waals surface area contributed by atoms with Gasteiger partial charge in [-0.15, -0.1) is 0 Å². The molecule has 2 N–H and O–H groups in total. The standard InChI is InChI=1S/C21H22ClN7O4S/c1-34(32,33)28-10-8-27(9-11-28)21(31)25-16-12-13(2-3-15(16)22)19-26-18-17-14(4-5-23-18)20(30)24-6-7-29(17)19/h2-5,12H,6-11H2,1H3,(H,24,30)(H,25,31). The molecule has 2 aromatic heterocycles. The van der Waals surface area contributed by atoms with E-state index in [1.54, 1.807) is 35.4 Å². The van der Waals surface area contributed by atoms with Gasteiger partial charge in [-0.05, 0) is 24.3 Å². The molecule has 4 heterocycles. The zero-order valence-corrected chi connectivity index (χ0v) is 19.9. The highest BCUT2D eigenvalue weighted by Gasteiger charge is 2.27. The third-order valence-corrected chi connectivity index (χ3v) is 7.60. The maximum Gasteiger partial charge on any atom is 0.321 e. The van der Waals surface area contributed by atoms with E-state index in [0.29, 0.717) is 51.9 Å². The smallest absolute Gasteiger partial charge is 0.321 e. The van der Waals surface area contributed by atoms with Crippen LogP contribution >= 0.6 is 11.6 Å². The van der Waals surface area contributed by atoms with E-state index >= 15 is 0 Å². The van der Waals surface area contributed by atoms with E-state index in [9.17, 15) is 18.0 Å². The molecular weight excluding hydrogens is 482 g/mol. The number of rotatable bonds is 3. The molecule has 0 aliphatic carbocycles. The molecule has 0 radical (unpaired) electrons. The highest BCUT2D eigenvalue weighted by molar-refractivity contribution is 7.88. The fraction of sp³-hybridized carbons (Fsp3) is 0.333. The van der Waals surface area contributed by atoms with Gasteiger partial charge in [-0.2, -0.15) is 4.31 Å². The normalized spacial score (nSPS) is 16.9. The van der Waals surface area contributed by atoms with Crippen molar-refractivity contribution in [2.24, 2.45) is 0 Å². The Morgan fingerprint density at radius 3 is 2.65 bits per heavy atom. The largest absolute Gasteiger partial charge is 0.350 e. The van der Waals surface area contributed by atoms with Crippen LogP contribution in [0.2, 0.25) is 5.02 Å². The van der Waals surface area contributed by atoms with Crippen LogP contribution in [0.25, 0.3) is 22.6 Å². The average molecular weight is 504 g/mol. The third kappa shape index (κ3) is 4.08. The minimum absolute atomic E-state index is 0.169. The number of sulfonamides is 1. The van der Waals surface area contributed by atoms with Gasteiger partial charge in [0.2, 0.25) is 10.0 Å². The average Bonchev–Trinajstić information content (AvgIpc) is 3.09. The van der Waals surface area contributed by atoms with E-state index in [4.69, 9.17) is 11.6 Å². The Morgan fingerprint density at radius 1 is 1.15 bits per heavy atom. The predicted molar refractivity (Wildman–Crippen MR) is 127 cm³/mol. The molecule has 0 spiro atoms. The van der Waals surface area contributed by atoms with Crippen molar-refractivity contribution in [2.45, 2.75) is 6.54 Å². The molecule has 34 heavy (non-hydrogen) atoms. The molecular formula is C21H22ClN7O4S. The van der Waals surface area contributed by atoms with Gasteiger partial charge in [0, 0.05) is 51.0 Å². The molecule has 0 bridgehead atoms. The van der Waals surface area contributed by atoms with Crippen molar-refractivity contribution in [3.05, 3.63) is 41.0 Å². The number of amides is 3. The summed E-state index contributed by atoms with van der Waals surface area (Å²) in [4.78, 5) is 35.7. The van der Waals surface area contributed by atoms with Gasteiger partial charge in [0.15, 0.2) is 5.65 Å². The number of piperazine rings is 1. The predicted octanol–water partition coefficient (Wildman–Crippen LogP) is 1.60. The van der Waals surface area contributed by atoms with Gasteiger partial charge in [0.1, 0.15) is 11.3 Å². The summed E-state index contributed by atoms with van der Waals surface area (Å²) in [5.41, 5.74) is 2.76. The summed E-state index contributed by atoms with van der Waals surface area (Å²) < 4.78 is 26.7. The first-order chi connectivity index (χ1) is 16.2. The lowest BCUT2D eigenvalue weighted by atomic mass is 10.2. The second-order valence-corrected chi connectivity index (χ2v) is 10.5. The molecule has 11 nitrogen and oxygen atoms in total. The molecule has 1 fully saturated rings. The van der Waals surface area contributed by atoms with Gasteiger partial charge in [-0.3, -0.25) is 4.79 Å². The van der Waals surface area contributed by atoms with Gasteiger partial charge in [0.05, 0.1) is 22.5 Å². The molecule has 13 heteroatoms. The van der Waals surface area contributed by atoms with E-state index < -0.39 is 10.0 Å². The molecule has 1 saturated heterocycles. The second kappa shape index (κ2) is 8.53. The van der Waals surface area contributed by atoms with Crippen molar-refractivity contribution in [1.82, 2.24) is 29.1 Å². The zero-order valence-electron chi connectivity index (χ0n) is 18.3. The fourth-order valence-corrected chi connectivity index (χ4v) is 5.22. The number of pyridine rings is 1. The number of carbonyl (C=O) groups excluding carboxylic acids is 2. The van der Waals surface area contributed by atoms with E-state index in [2.05, 4.69) is 20.6 Å². The first kappa shape index (κ1) is 22.6. The summed E-state index contributed by atoms with van der Waals surface area (Å²) in [7, 11) is -3.29. The SMILES string of the molecule is CS(=O)(=O)N1CCN(C(=O)Nc2cc(-c3nc4nccc5c4n3CCNC5=O)ccc2Cl)CC1. The van der Waals surface area contributed by atoms with Crippen molar-refractivity contribution in [3.8, 4) is 11.4 Å². The number of nitrogens with zero attached hydrogens (tertiary/aromatic N) is 5. The second-order valence-electron chi connectivity index (χ2n) is 8.15. The summed E-state index contributed by atoms with van der Waals surface area (Å²) in [5, 5.41) is 6.06. The number of urea groups is 1. The number of aromatic nitrogens is 3. The highest BCUT2D eigenvalue weighted by atomic mass is 35.5. The van der Waals surface area contributed by atoms with Gasteiger partial charge >= 0.3 is 6.03 Å². The van der Waals surface area contributed by atoms with E-state index in [1.165, 1.54) is 4.31 Å². The van der Waals surface area contributed by atoms with Crippen LogP contribution in [-0.2, 0) is 16.6 Å². The summed E-state index contributed by atoms with van der Waals surface area (Å²) in [6.45, 7) is 2.01. The maximum absolute atomic E-state index is 12.8. The van der Waals surface area contributed by atoms with Crippen LogP contribution in [0, 0.1) is 0 Å². The maximum atomic E-state index is 12.8. The van der Waals surface area contributed by atoms with E-state index in [-0.39, 0.29) is 38.1 Å². The minimum atomic E-state index is -3.29. The molecule has 3 amide bonds. The molecule has 3 aromatic rings. The van der Waals surface area contributed by atoms with Gasteiger partial charge in [-0.1, -0.05) is 11.6 Å². The monoisotopic (exact) mass is 503 g/mol. The lowest BCUT2D eigenvalue weighted by molar-refractivity contribution is 0.0956. The Hall–Kier alpha value is -3.22. The van der Waals surface area contributed by atoms with Crippen LogP contribution in [0.5, 0.6) is 0 Å². The van der Waals surface area contributed by atoms with Crippen LogP contribution < -0.4 is 10.6 Å². The minimum Gasteiger partial charge on any atom is -0.350 e. The Kier molecular flexibility index (Phi) is 5.66. The summed E-state index contributed by atoms with van der Waals surface area (Å²) in [6, 6.07) is 6.51. The number of hydrogen-bond acceptors (Lipinski definition) is 6. The Balaban J connectivity index is 1.42. The van der Waals surface area contributed by atoms with Crippen LogP contribution in [-0.4, -0.2) is 83.1 Å². The Morgan fingerprint density at radius 2 is 1.91 bits per heavy atom. The van der Waals surface area contributed by atoms with Crippen LogP contribution in [0.4, 0.5) is 10.5 Å². The molecule has 0 unspecified atom stereocenters. The van der Waals surface area contributed by atoms with Crippen molar-refractivity contribution in [1.29, 1.82) is 0 Å². The quantitative estimate of drug-likeness (QED) is 0.558. The number of carbonyl (C=O) groups is 2. The third-order valence-electron chi connectivity index (χ3n) is 5.97. The van der Waals surface area contributed by atoms with Crippen molar-refractivity contribution >= 4 is 50.4 Å². The number of halogens is 1. The van der Waals surface area contributed by atoms with Gasteiger partial charge in [0.25, 0.3) is 5.91 Å². The van der Waals surface area contributed by atoms with Crippen molar-refractivity contribution in [3.63, 3.8) is 0 Å². The molecule has 5 rings (SSSR count). The lowest BCUT2D eigenvalue weighted by Gasteiger charge is -2.33. The zero-order chi connectivity index (χ0) is 24.0. The Labute approximate surface area is 200 Å². The molecule has 0 atom stereocenters. The first-order valence-electron chi connectivity index (χ1n) is 10.7. The summed E-state index contributed by atoms with van der Waals surface area (Å²) in [6.07, 6.45) is 2.72. The van der Waals surface area contributed by atoms with Gasteiger partial charge in [-0.25, -0.2) is 23.2 Å². The lowest BCUT2D eigenvalue weighted by Crippen LogP contribution is -2.51. The van der Waals surface area contributed by atoms with Crippen molar-refractivity contribution < 1.29 is 18.0 Å². The van der Waals surface area contributed by atoms with Crippen molar-refractivity contribution in [2.75, 3.05) is 44.3 Å². The Bertz CT molecular complexity index is 1410. The number of anilines is 1. The number of imidazole rings is 1. The van der Waals surface area contributed by atoms with E-state index in [0.717, 1.165) is 6.26 Å². The summed E-state index contributed by atoms with van der Waals surface area (Å²) >= 11 is 6.37. The molecule has 2 aliphatic heterocycles. The number of nitrogens with one attached hydrogen (secondary N) is 2. The number of hydrogen-bond donors (Lipinski definition) is 2. The molecule has 178 valence electrons. The van der Waals surface area contributed by atoms with Crippen LogP contribution in [0.3, 0.4) is 0 Å². The topological polar surface area (TPSA) is 130 Å². The molecule has 2 aliphatic rings. The molecule has 0 saturated carbocycles. The first-order valence-corrected chi connectivity index (χ1v) is 12.9. The van der Waals surface area contributed by atoms with Gasteiger partial charge < -0.3 is 20.1 Å². The molecule has 1 aromatic carbocycles. The van der Waals surface area contributed by atoms with Crippen LogP contribution in [0.1, 0.15) is 10.4 Å².